The van der Waals surface area contributed by atoms with Crippen molar-refractivity contribution in [1.29, 1.82) is 0 Å². The monoisotopic (exact) mass is 494 g/mol. The molecule has 36 heavy (non-hydrogen) atoms. The fourth-order valence-electron chi connectivity index (χ4n) is 5.71. The van der Waals surface area contributed by atoms with Crippen LogP contribution in [-0.2, 0) is 6.18 Å². The van der Waals surface area contributed by atoms with E-state index >= 15 is 0 Å². The van der Waals surface area contributed by atoms with Crippen LogP contribution < -0.4 is 4.90 Å². The van der Waals surface area contributed by atoms with Gasteiger partial charge in [-0.25, -0.2) is 15.0 Å². The average Bonchev–Trinajstić information content (AvgIpc) is 3.61. The molecule has 0 unspecified atom stereocenters. The number of rotatable bonds is 5. The van der Waals surface area contributed by atoms with Crippen LogP contribution >= 0.6 is 0 Å². The van der Waals surface area contributed by atoms with Gasteiger partial charge in [-0.1, -0.05) is 0 Å². The number of hydrogen-bond acceptors (Lipinski definition) is 6. The SMILES string of the molecule is FC(F)(F)c1ccc2ncc(-c3nccc(N4CCN(C[C@@H]5CC56CC6)[C@@H](c5cn[nH]c5)C4)n3)n2c1. The van der Waals surface area contributed by atoms with Gasteiger partial charge in [0.2, 0.25) is 0 Å². The molecule has 1 spiro atoms. The summed E-state index contributed by atoms with van der Waals surface area (Å²) < 4.78 is 41.3. The average molecular weight is 495 g/mol. The van der Waals surface area contributed by atoms with E-state index in [4.69, 9.17) is 4.98 Å². The van der Waals surface area contributed by atoms with Crippen LogP contribution in [0.2, 0.25) is 0 Å². The zero-order valence-electron chi connectivity index (χ0n) is 19.5. The van der Waals surface area contributed by atoms with Crippen molar-refractivity contribution in [2.45, 2.75) is 31.5 Å². The Morgan fingerprint density at radius 2 is 1.97 bits per heavy atom. The molecule has 8 nitrogen and oxygen atoms in total. The highest BCUT2D eigenvalue weighted by atomic mass is 19.4. The van der Waals surface area contributed by atoms with Crippen LogP contribution in [0, 0.1) is 11.3 Å². The Bertz CT molecular complexity index is 1410. The molecule has 1 N–H and O–H groups in total. The molecule has 2 saturated carbocycles. The van der Waals surface area contributed by atoms with Crippen molar-refractivity contribution in [2.75, 3.05) is 31.1 Å². The highest BCUT2D eigenvalue weighted by Gasteiger charge is 2.62. The first kappa shape index (κ1) is 21.8. The molecule has 3 aliphatic rings. The van der Waals surface area contributed by atoms with Gasteiger partial charge < -0.3 is 4.90 Å². The molecule has 0 radical (unpaired) electrons. The van der Waals surface area contributed by atoms with Crippen LogP contribution in [0.5, 0.6) is 0 Å². The molecule has 0 amide bonds. The van der Waals surface area contributed by atoms with Gasteiger partial charge in [-0.15, -0.1) is 0 Å². The maximum atomic E-state index is 13.3. The summed E-state index contributed by atoms with van der Waals surface area (Å²) in [5.41, 5.74) is 1.90. The third-order valence-corrected chi connectivity index (χ3v) is 8.13. The molecule has 1 saturated heterocycles. The van der Waals surface area contributed by atoms with Gasteiger partial charge in [0, 0.05) is 50.3 Å². The van der Waals surface area contributed by atoms with Gasteiger partial charge in [0.25, 0.3) is 0 Å². The lowest BCUT2D eigenvalue weighted by atomic mass is 10.0. The number of imidazole rings is 1. The molecule has 0 aromatic carbocycles. The van der Waals surface area contributed by atoms with Crippen molar-refractivity contribution in [3.05, 3.63) is 60.3 Å². The van der Waals surface area contributed by atoms with Gasteiger partial charge in [-0.3, -0.25) is 14.4 Å². The Balaban J connectivity index is 1.17. The lowest BCUT2D eigenvalue weighted by Gasteiger charge is -2.42. The molecule has 2 aliphatic carbocycles. The van der Waals surface area contributed by atoms with Crippen molar-refractivity contribution in [2.24, 2.45) is 11.3 Å². The summed E-state index contributed by atoms with van der Waals surface area (Å²) >= 11 is 0. The van der Waals surface area contributed by atoms with Gasteiger partial charge in [-0.2, -0.15) is 18.3 Å². The van der Waals surface area contributed by atoms with Crippen molar-refractivity contribution in [3.8, 4) is 11.5 Å². The van der Waals surface area contributed by atoms with E-state index in [-0.39, 0.29) is 6.04 Å². The number of pyridine rings is 1. The molecule has 4 aromatic rings. The Morgan fingerprint density at radius 3 is 2.72 bits per heavy atom. The maximum Gasteiger partial charge on any atom is 0.417 e. The molecule has 2 atom stereocenters. The molecule has 4 aromatic heterocycles. The Morgan fingerprint density at radius 1 is 1.08 bits per heavy atom. The lowest BCUT2D eigenvalue weighted by Crippen LogP contribution is -2.49. The molecular weight excluding hydrogens is 469 g/mol. The molecule has 186 valence electrons. The van der Waals surface area contributed by atoms with Crippen LogP contribution in [0.1, 0.15) is 36.4 Å². The number of nitrogens with zero attached hydrogens (tertiary/aromatic N) is 7. The standard InChI is InChI=1S/C25H25F3N8/c26-25(27,28)17-1-2-21-30-12-19(36(21)14-17)23-29-6-3-22(33-23)35-8-7-34(13-18-9-24(18)4-5-24)20(15-35)16-10-31-32-11-16/h1-3,6,10-12,14,18,20H,4-5,7-9,13,15H2,(H,31,32)/t18-,20+/m0/s1. The minimum Gasteiger partial charge on any atom is -0.353 e. The molecule has 7 rings (SSSR count). The second-order valence-electron chi connectivity index (χ2n) is 10.3. The molecule has 3 fully saturated rings. The van der Waals surface area contributed by atoms with Gasteiger partial charge in [0.05, 0.1) is 24.0 Å². The summed E-state index contributed by atoms with van der Waals surface area (Å²) in [5.74, 6) is 1.90. The normalized spacial score (nSPS) is 23.5. The number of hydrogen-bond donors (Lipinski definition) is 1. The van der Waals surface area contributed by atoms with Crippen LogP contribution in [-0.4, -0.2) is 60.6 Å². The fraction of sp³-hybridized carbons (Fsp3) is 0.440. The van der Waals surface area contributed by atoms with Crippen molar-refractivity contribution >= 4 is 11.5 Å². The molecule has 5 heterocycles. The third kappa shape index (κ3) is 3.73. The van der Waals surface area contributed by atoms with E-state index in [1.165, 1.54) is 35.9 Å². The summed E-state index contributed by atoms with van der Waals surface area (Å²) in [7, 11) is 0. The second kappa shape index (κ2) is 7.76. The van der Waals surface area contributed by atoms with E-state index in [9.17, 15) is 13.2 Å². The molecule has 0 bridgehead atoms. The van der Waals surface area contributed by atoms with Crippen LogP contribution in [0.4, 0.5) is 19.0 Å². The van der Waals surface area contributed by atoms with Gasteiger partial charge in [0.1, 0.15) is 17.2 Å². The number of piperazine rings is 1. The Kier molecular flexibility index (Phi) is 4.70. The smallest absolute Gasteiger partial charge is 0.353 e. The minimum atomic E-state index is -4.44. The van der Waals surface area contributed by atoms with Crippen molar-refractivity contribution < 1.29 is 13.2 Å². The predicted octanol–water partition coefficient (Wildman–Crippen LogP) is 4.20. The van der Waals surface area contributed by atoms with Crippen LogP contribution in [0.15, 0.2) is 49.2 Å². The lowest BCUT2D eigenvalue weighted by molar-refractivity contribution is -0.137. The third-order valence-electron chi connectivity index (χ3n) is 8.13. The van der Waals surface area contributed by atoms with Gasteiger partial charge in [-0.05, 0) is 48.8 Å². The first-order chi connectivity index (χ1) is 17.4. The topological polar surface area (TPSA) is 78.2 Å². The van der Waals surface area contributed by atoms with Crippen molar-refractivity contribution in [1.82, 2.24) is 34.4 Å². The second-order valence-corrected chi connectivity index (χ2v) is 10.3. The summed E-state index contributed by atoms with van der Waals surface area (Å²) in [4.78, 5) is 18.2. The zero-order chi connectivity index (χ0) is 24.5. The number of fused-ring (bicyclic) bond motifs is 1. The van der Waals surface area contributed by atoms with Crippen molar-refractivity contribution in [3.63, 3.8) is 0 Å². The van der Waals surface area contributed by atoms with E-state index < -0.39 is 11.7 Å². The van der Waals surface area contributed by atoms with E-state index in [0.717, 1.165) is 55.7 Å². The number of nitrogens with one attached hydrogen (secondary N) is 1. The van der Waals surface area contributed by atoms with E-state index in [1.54, 1.807) is 6.20 Å². The number of aromatic nitrogens is 6. The van der Waals surface area contributed by atoms with Crippen LogP contribution in [0.25, 0.3) is 17.2 Å². The maximum absolute atomic E-state index is 13.3. The Labute approximate surface area is 205 Å². The molecule has 11 heteroatoms. The predicted molar refractivity (Wildman–Crippen MR) is 126 cm³/mol. The van der Waals surface area contributed by atoms with E-state index in [0.29, 0.717) is 22.6 Å². The number of H-pyrrole nitrogens is 1. The number of aromatic amines is 1. The summed E-state index contributed by atoms with van der Waals surface area (Å²) in [6.45, 7) is 3.59. The first-order valence-corrected chi connectivity index (χ1v) is 12.3. The highest BCUT2D eigenvalue weighted by Crippen LogP contribution is 2.70. The zero-order valence-corrected chi connectivity index (χ0v) is 19.5. The molecular formula is C25H25F3N8. The van der Waals surface area contributed by atoms with E-state index in [2.05, 4.69) is 30.0 Å². The highest BCUT2D eigenvalue weighted by molar-refractivity contribution is 5.59. The number of anilines is 1. The fourth-order valence-corrected chi connectivity index (χ4v) is 5.71. The quantitative estimate of drug-likeness (QED) is 0.448. The number of alkyl halides is 3. The largest absolute Gasteiger partial charge is 0.417 e. The molecule has 1 aliphatic heterocycles. The summed E-state index contributed by atoms with van der Waals surface area (Å²) in [6, 6.07) is 4.44. The van der Waals surface area contributed by atoms with Gasteiger partial charge in [0.15, 0.2) is 5.82 Å². The minimum absolute atomic E-state index is 0.192. The first-order valence-electron chi connectivity index (χ1n) is 12.3. The van der Waals surface area contributed by atoms with Crippen LogP contribution in [0.3, 0.4) is 0 Å². The Hall–Kier alpha value is -3.47. The van der Waals surface area contributed by atoms with Gasteiger partial charge >= 0.3 is 6.18 Å². The summed E-state index contributed by atoms with van der Waals surface area (Å²) in [6.07, 6.45) is 7.75. The van der Waals surface area contributed by atoms with E-state index in [1.807, 2.05) is 18.5 Å². The summed E-state index contributed by atoms with van der Waals surface area (Å²) in [5, 5.41) is 7.13. The number of halogens is 3.